The van der Waals surface area contributed by atoms with Crippen LogP contribution in [-0.4, -0.2) is 7.05 Å². The zero-order chi connectivity index (χ0) is 11.1. The summed E-state index contributed by atoms with van der Waals surface area (Å²) in [5.74, 6) is 0. The van der Waals surface area contributed by atoms with E-state index in [0.717, 1.165) is 0 Å². The first-order chi connectivity index (χ1) is 7.36. The average Bonchev–Trinajstić information content (AvgIpc) is 2.33. The number of aryl methyl sites for hydroxylation is 1. The summed E-state index contributed by atoms with van der Waals surface area (Å²) >= 11 is 0. The molecular weight excluding hydrogens is 182 g/mol. The first kappa shape index (κ1) is 11.7. The first-order valence-electron chi connectivity index (χ1n) is 5.38. The highest BCUT2D eigenvalue weighted by atomic mass is 14.4. The lowest BCUT2D eigenvalue weighted by molar-refractivity contribution is 1.04. The van der Waals surface area contributed by atoms with Gasteiger partial charge in [0.25, 0.3) is 0 Å². The van der Waals surface area contributed by atoms with Gasteiger partial charge in [-0.1, -0.05) is 48.1 Å². The molecule has 0 saturated carbocycles. The molecule has 2 N–H and O–H groups in total. The lowest BCUT2D eigenvalue weighted by atomic mass is 9.98. The minimum Gasteiger partial charge on any atom is -0.333 e. The molecule has 0 aliphatic heterocycles. The smallest absolute Gasteiger partial charge is 0 e. The van der Waals surface area contributed by atoms with E-state index in [1.165, 1.54) is 36.6 Å². The van der Waals surface area contributed by atoms with Crippen LogP contribution < -0.4 is 5.73 Å². The van der Waals surface area contributed by atoms with Crippen LogP contribution >= 0.6 is 0 Å². The van der Waals surface area contributed by atoms with E-state index in [0.29, 0.717) is 0 Å². The Bertz CT molecular complexity index is 367. The van der Waals surface area contributed by atoms with Crippen LogP contribution in [-0.2, 0) is 0 Å². The number of benzene rings is 1. The molecule has 0 radical (unpaired) electrons. The summed E-state index contributed by atoms with van der Waals surface area (Å²) in [6.45, 7) is 2.14. The Hall–Kier alpha value is -1.34. The highest BCUT2D eigenvalue weighted by Crippen LogP contribution is 2.21. The van der Waals surface area contributed by atoms with Crippen molar-refractivity contribution in [1.82, 2.24) is 0 Å². The van der Waals surface area contributed by atoms with Crippen LogP contribution in [0.25, 0.3) is 5.57 Å². The van der Waals surface area contributed by atoms with Crippen molar-refractivity contribution in [3.8, 4) is 0 Å². The Balaban J connectivity index is 0.000000711. The minimum atomic E-state index is 0. The molecule has 0 saturated heterocycles. The Morgan fingerprint density at radius 3 is 2.60 bits per heavy atom. The highest BCUT2D eigenvalue weighted by Gasteiger charge is 2.00. The van der Waals surface area contributed by atoms with Gasteiger partial charge >= 0.3 is 0 Å². The molecule has 82 valence electrons. The van der Waals surface area contributed by atoms with Crippen molar-refractivity contribution in [2.45, 2.75) is 19.8 Å². The molecule has 1 aromatic carbocycles. The number of hydrogen-bond donors (Lipinski definition) is 1. The van der Waals surface area contributed by atoms with E-state index in [4.69, 9.17) is 0 Å². The van der Waals surface area contributed by atoms with Crippen molar-refractivity contribution >= 4 is 5.57 Å². The van der Waals surface area contributed by atoms with E-state index in [2.05, 4.69) is 55.2 Å². The van der Waals surface area contributed by atoms with Crippen molar-refractivity contribution in [1.29, 1.82) is 0 Å². The van der Waals surface area contributed by atoms with Crippen LogP contribution in [0.1, 0.15) is 25.4 Å². The van der Waals surface area contributed by atoms with Gasteiger partial charge in [0.05, 0.1) is 0 Å². The molecule has 1 nitrogen and oxygen atoms in total. The molecule has 1 aliphatic rings. The monoisotopic (exact) mass is 203 g/mol. The van der Waals surface area contributed by atoms with Gasteiger partial charge in [-0.25, -0.2) is 0 Å². The predicted octanol–water partition coefficient (Wildman–Crippen LogP) is 3.55. The maximum atomic E-state index is 4.50. The predicted molar refractivity (Wildman–Crippen MR) is 69.8 cm³/mol. The Kier molecular flexibility index (Phi) is 4.85. The fraction of sp³-hybridized carbons (Fsp3) is 0.286. The summed E-state index contributed by atoms with van der Waals surface area (Å²) in [4.78, 5) is 0. The third kappa shape index (κ3) is 3.37. The lowest BCUT2D eigenvalue weighted by Crippen LogP contribution is -1.86. The van der Waals surface area contributed by atoms with E-state index in [-0.39, 0.29) is 1.43 Å². The van der Waals surface area contributed by atoms with Crippen molar-refractivity contribution in [2.75, 3.05) is 7.05 Å². The van der Waals surface area contributed by atoms with E-state index in [1.807, 2.05) is 0 Å². The summed E-state index contributed by atoms with van der Waals surface area (Å²) in [7, 11) is 1.50. The van der Waals surface area contributed by atoms with Crippen LogP contribution in [0.3, 0.4) is 0 Å². The number of allylic oxidation sites excluding steroid dienone is 4. The van der Waals surface area contributed by atoms with E-state index in [1.54, 1.807) is 0 Å². The van der Waals surface area contributed by atoms with Crippen LogP contribution in [0.5, 0.6) is 0 Å². The van der Waals surface area contributed by atoms with Gasteiger partial charge in [-0.15, -0.1) is 0 Å². The molecule has 1 aliphatic carbocycles. The van der Waals surface area contributed by atoms with Gasteiger partial charge in [0.1, 0.15) is 0 Å². The van der Waals surface area contributed by atoms with Gasteiger partial charge < -0.3 is 5.73 Å². The van der Waals surface area contributed by atoms with Crippen LogP contribution in [0.15, 0.2) is 42.5 Å². The molecule has 0 bridgehead atoms. The molecule has 0 unspecified atom stereocenters. The maximum Gasteiger partial charge on any atom is 0 e. The number of nitrogens with two attached hydrogens (primary N) is 1. The second-order valence-electron chi connectivity index (χ2n) is 3.51. The molecule has 1 heteroatoms. The highest BCUT2D eigenvalue weighted by molar-refractivity contribution is 5.74. The molecule has 2 rings (SSSR count). The molecule has 15 heavy (non-hydrogen) atoms. The zero-order valence-electron chi connectivity index (χ0n) is 9.53. The van der Waals surface area contributed by atoms with Gasteiger partial charge in [-0.2, -0.15) is 0 Å². The largest absolute Gasteiger partial charge is 0.333 e. The topological polar surface area (TPSA) is 26.0 Å². The normalized spacial score (nSPS) is 13.9. The molecule has 0 aromatic heterocycles. The van der Waals surface area contributed by atoms with Crippen molar-refractivity contribution in [3.63, 3.8) is 0 Å². The van der Waals surface area contributed by atoms with Gasteiger partial charge in [0.2, 0.25) is 0 Å². The van der Waals surface area contributed by atoms with Crippen LogP contribution in [0, 0.1) is 6.92 Å². The number of rotatable bonds is 1. The van der Waals surface area contributed by atoms with E-state index >= 15 is 0 Å². The molecule has 0 fully saturated rings. The van der Waals surface area contributed by atoms with Gasteiger partial charge in [-0.05, 0) is 37.9 Å². The standard InChI is InChI=1S/C13H14.CH5N.H2/c1-11-6-5-9-13(10-11)12-7-3-2-4-8-12;1-2;/h3,5-10H,2,4H2,1H3;2H2,1H3;1H. The fourth-order valence-electron chi connectivity index (χ4n) is 1.65. The first-order valence-corrected chi connectivity index (χ1v) is 5.38. The second kappa shape index (κ2) is 6.20. The summed E-state index contributed by atoms with van der Waals surface area (Å²) in [6, 6.07) is 8.67. The zero-order valence-corrected chi connectivity index (χ0v) is 9.53. The van der Waals surface area contributed by atoms with Crippen molar-refractivity contribution in [3.05, 3.63) is 53.6 Å². The SMILES string of the molecule is CN.Cc1cccc(C2=CCCC=C2)c1.[HH]. The summed E-state index contributed by atoms with van der Waals surface area (Å²) < 4.78 is 0. The van der Waals surface area contributed by atoms with E-state index in [9.17, 15) is 0 Å². The van der Waals surface area contributed by atoms with Crippen molar-refractivity contribution in [2.24, 2.45) is 5.73 Å². The third-order valence-corrected chi connectivity index (χ3v) is 2.35. The maximum absolute atomic E-state index is 4.50. The quantitative estimate of drug-likeness (QED) is 0.742. The van der Waals surface area contributed by atoms with Crippen molar-refractivity contribution < 1.29 is 1.43 Å². The van der Waals surface area contributed by atoms with Gasteiger partial charge in [0.15, 0.2) is 0 Å². The molecule has 0 heterocycles. The molecule has 0 atom stereocenters. The molecule has 0 amide bonds. The fourth-order valence-corrected chi connectivity index (χ4v) is 1.65. The Morgan fingerprint density at radius 1 is 1.20 bits per heavy atom. The third-order valence-electron chi connectivity index (χ3n) is 2.35. The van der Waals surface area contributed by atoms with Gasteiger partial charge in [-0.3, -0.25) is 0 Å². The van der Waals surface area contributed by atoms with Crippen LogP contribution in [0.4, 0.5) is 0 Å². The summed E-state index contributed by atoms with van der Waals surface area (Å²) in [5.41, 5.74) is 8.54. The molecule has 1 aromatic rings. The van der Waals surface area contributed by atoms with Gasteiger partial charge in [0, 0.05) is 1.43 Å². The minimum absolute atomic E-state index is 0. The summed E-state index contributed by atoms with van der Waals surface area (Å²) in [5, 5.41) is 0. The van der Waals surface area contributed by atoms with Crippen LogP contribution in [0.2, 0.25) is 0 Å². The summed E-state index contributed by atoms with van der Waals surface area (Å²) in [6.07, 6.45) is 9.15. The van der Waals surface area contributed by atoms with E-state index < -0.39 is 0 Å². The number of hydrogen-bond acceptors (Lipinski definition) is 1. The molecular formula is C14H21N. The second-order valence-corrected chi connectivity index (χ2v) is 3.51. The average molecular weight is 203 g/mol. The molecule has 0 spiro atoms. The Morgan fingerprint density at radius 2 is 2.00 bits per heavy atom. The lowest BCUT2D eigenvalue weighted by Gasteiger charge is -2.07. The Labute approximate surface area is 93.8 Å².